The molecule has 1 aromatic heterocycles. The summed E-state index contributed by atoms with van der Waals surface area (Å²) in [5.41, 5.74) is 17.9. The smallest absolute Gasteiger partial charge is 0.0468 e. The summed E-state index contributed by atoms with van der Waals surface area (Å²) in [6.07, 6.45) is 0. The van der Waals surface area contributed by atoms with Gasteiger partial charge in [-0.05, 0) is 140 Å². The van der Waals surface area contributed by atoms with Crippen LogP contribution in [0.2, 0.25) is 0 Å². The van der Waals surface area contributed by atoms with Crippen molar-refractivity contribution >= 4 is 48.6 Å². The Morgan fingerprint density at radius 3 is 1.59 bits per heavy atom. The van der Waals surface area contributed by atoms with E-state index in [-0.39, 0.29) is 0 Å². The van der Waals surface area contributed by atoms with Crippen molar-refractivity contribution in [2.24, 2.45) is 0 Å². The van der Waals surface area contributed by atoms with E-state index in [2.05, 4.69) is 223 Å². The van der Waals surface area contributed by atoms with Gasteiger partial charge in [-0.3, -0.25) is 0 Å². The molecule has 0 aliphatic heterocycles. The lowest BCUT2D eigenvalue weighted by molar-refractivity contribution is 1.01. The fourth-order valence-corrected chi connectivity index (χ4v) is 11.0. The molecule has 1 nitrogen and oxygen atoms in total. The zero-order valence-corrected chi connectivity index (χ0v) is 33.2. The summed E-state index contributed by atoms with van der Waals surface area (Å²) >= 11 is 1.86. The Bertz CT molecular complexity index is 3160. The van der Waals surface area contributed by atoms with Crippen LogP contribution in [0.1, 0.15) is 34.4 Å². The van der Waals surface area contributed by atoms with Crippen molar-refractivity contribution in [2.75, 3.05) is 4.90 Å². The topological polar surface area (TPSA) is 3.24 Å². The first kappa shape index (κ1) is 34.1. The van der Waals surface area contributed by atoms with E-state index in [0.29, 0.717) is 17.8 Å². The van der Waals surface area contributed by atoms with Crippen LogP contribution in [-0.2, 0) is 0 Å². The van der Waals surface area contributed by atoms with E-state index >= 15 is 0 Å². The Morgan fingerprint density at radius 2 is 0.831 bits per heavy atom. The Morgan fingerprint density at radius 1 is 0.305 bits per heavy atom. The zero-order valence-electron chi connectivity index (χ0n) is 32.4. The van der Waals surface area contributed by atoms with Gasteiger partial charge in [0.1, 0.15) is 0 Å². The van der Waals surface area contributed by atoms with Gasteiger partial charge in [-0.2, -0.15) is 0 Å². The number of anilines is 3. The number of benzene rings is 9. The van der Waals surface area contributed by atoms with Gasteiger partial charge in [-0.1, -0.05) is 158 Å². The number of fused-ring (bicyclic) bond motifs is 9. The summed E-state index contributed by atoms with van der Waals surface area (Å²) < 4.78 is 2.62. The third-order valence-corrected chi connectivity index (χ3v) is 13.9. The molecule has 3 atom stereocenters. The van der Waals surface area contributed by atoms with Crippen molar-refractivity contribution in [3.8, 4) is 44.5 Å². The molecule has 0 bridgehead atoms. The third-order valence-electron chi connectivity index (χ3n) is 12.7. The Hall–Kier alpha value is -7.00. The summed E-state index contributed by atoms with van der Waals surface area (Å²) in [7, 11) is 0. The number of hydrogen-bond donors (Lipinski definition) is 0. The van der Waals surface area contributed by atoms with Crippen LogP contribution in [0.15, 0.2) is 218 Å². The molecule has 0 radical (unpaired) electrons. The average Bonchev–Trinajstić information content (AvgIpc) is 3.97. The highest BCUT2D eigenvalue weighted by molar-refractivity contribution is 7.25. The van der Waals surface area contributed by atoms with E-state index in [9.17, 15) is 0 Å². The molecule has 278 valence electrons. The van der Waals surface area contributed by atoms with Crippen LogP contribution in [0.25, 0.3) is 64.7 Å². The Kier molecular flexibility index (Phi) is 7.99. The van der Waals surface area contributed by atoms with Gasteiger partial charge in [0.2, 0.25) is 0 Å². The minimum absolute atomic E-state index is 0.536. The summed E-state index contributed by atoms with van der Waals surface area (Å²) in [5.74, 6) is 1.63. The molecule has 2 aliphatic carbocycles. The predicted octanol–water partition coefficient (Wildman–Crippen LogP) is 16.2. The van der Waals surface area contributed by atoms with Crippen LogP contribution in [0.3, 0.4) is 0 Å². The van der Waals surface area contributed by atoms with Gasteiger partial charge in [0, 0.05) is 37.2 Å². The van der Waals surface area contributed by atoms with Gasteiger partial charge >= 0.3 is 0 Å². The first-order chi connectivity index (χ1) is 29.2. The molecule has 0 N–H and O–H groups in total. The number of thiophene rings is 1. The second-order valence-electron chi connectivity index (χ2n) is 16.0. The van der Waals surface area contributed by atoms with Crippen molar-refractivity contribution in [1.29, 1.82) is 0 Å². The van der Waals surface area contributed by atoms with Gasteiger partial charge in [0.25, 0.3) is 0 Å². The highest BCUT2D eigenvalue weighted by Gasteiger charge is 2.56. The first-order valence-electron chi connectivity index (χ1n) is 20.6. The maximum atomic E-state index is 2.45. The molecule has 1 saturated carbocycles. The van der Waals surface area contributed by atoms with E-state index in [1.807, 2.05) is 11.3 Å². The molecule has 0 saturated heterocycles. The highest BCUT2D eigenvalue weighted by Crippen LogP contribution is 2.71. The molecule has 9 aromatic carbocycles. The van der Waals surface area contributed by atoms with Gasteiger partial charge < -0.3 is 4.90 Å². The van der Waals surface area contributed by atoms with Crippen molar-refractivity contribution in [3.05, 3.63) is 235 Å². The largest absolute Gasteiger partial charge is 0.310 e. The Labute approximate surface area is 349 Å². The molecule has 2 heteroatoms. The van der Waals surface area contributed by atoms with Gasteiger partial charge in [0.05, 0.1) is 0 Å². The third kappa shape index (κ3) is 5.82. The molecule has 2 aliphatic rings. The van der Waals surface area contributed by atoms with E-state index in [4.69, 9.17) is 0 Å². The summed E-state index contributed by atoms with van der Waals surface area (Å²) in [6.45, 7) is 0. The van der Waals surface area contributed by atoms with Gasteiger partial charge in [0.15, 0.2) is 0 Å². The standard InChI is InChI=1S/C57H39NS/c1-3-12-37(13-4-1)38-22-27-44(28-23-38)58(46-31-33-54-52(36-46)48-19-9-10-21-53(48)59-54)45-29-24-39(25-30-45)41-16-11-17-42(34-41)43-26-32-50-51(35-43)47-18-7-8-20-49(47)56-55(57(50)56)40-14-5-2-6-15-40/h1-36,55-57H. The van der Waals surface area contributed by atoms with Gasteiger partial charge in [-0.15, -0.1) is 11.3 Å². The van der Waals surface area contributed by atoms with Crippen LogP contribution < -0.4 is 4.90 Å². The fraction of sp³-hybridized carbons (Fsp3) is 0.0526. The quantitative estimate of drug-likeness (QED) is 0.156. The van der Waals surface area contributed by atoms with Crippen LogP contribution in [0, 0.1) is 0 Å². The number of rotatable bonds is 7. The second kappa shape index (κ2) is 13.8. The zero-order chi connectivity index (χ0) is 38.9. The first-order valence-corrected chi connectivity index (χ1v) is 21.4. The molecule has 59 heavy (non-hydrogen) atoms. The molecule has 1 heterocycles. The highest BCUT2D eigenvalue weighted by atomic mass is 32.1. The number of nitrogens with zero attached hydrogens (tertiary/aromatic N) is 1. The minimum Gasteiger partial charge on any atom is -0.310 e. The van der Waals surface area contributed by atoms with Gasteiger partial charge in [-0.25, -0.2) is 0 Å². The lowest BCUT2D eigenvalue weighted by Crippen LogP contribution is -2.09. The monoisotopic (exact) mass is 769 g/mol. The van der Waals surface area contributed by atoms with Crippen LogP contribution in [-0.4, -0.2) is 0 Å². The second-order valence-corrected chi connectivity index (χ2v) is 17.1. The van der Waals surface area contributed by atoms with E-state index in [1.165, 1.54) is 81.4 Å². The molecule has 3 unspecified atom stereocenters. The van der Waals surface area contributed by atoms with Crippen molar-refractivity contribution in [1.82, 2.24) is 0 Å². The van der Waals surface area contributed by atoms with Crippen molar-refractivity contribution in [3.63, 3.8) is 0 Å². The molecule has 1 fully saturated rings. The fourth-order valence-electron chi connectivity index (χ4n) is 9.88. The molecular formula is C57H39NS. The molecular weight excluding hydrogens is 731 g/mol. The Balaban J connectivity index is 0.894. The lowest BCUT2D eigenvalue weighted by atomic mass is 9.84. The van der Waals surface area contributed by atoms with Crippen LogP contribution >= 0.6 is 11.3 Å². The summed E-state index contributed by atoms with van der Waals surface area (Å²) in [4.78, 5) is 2.39. The number of hydrogen-bond acceptors (Lipinski definition) is 2. The SMILES string of the molecule is c1ccc(-c2ccc(N(c3ccc(-c4cccc(-c5ccc6c(c5)-c5ccccc5C5C(c7ccccc7)C65)c4)cc3)c3ccc4sc5ccccc5c4c3)cc2)cc1. The van der Waals surface area contributed by atoms with E-state index < -0.39 is 0 Å². The maximum Gasteiger partial charge on any atom is 0.0468 e. The van der Waals surface area contributed by atoms with Crippen molar-refractivity contribution < 1.29 is 0 Å². The average molecular weight is 770 g/mol. The normalized spacial score (nSPS) is 16.3. The van der Waals surface area contributed by atoms with E-state index in [0.717, 1.165) is 17.1 Å². The minimum atomic E-state index is 0.536. The predicted molar refractivity (Wildman–Crippen MR) is 250 cm³/mol. The molecule has 12 rings (SSSR count). The maximum absolute atomic E-state index is 2.45. The van der Waals surface area contributed by atoms with Crippen LogP contribution in [0.4, 0.5) is 17.1 Å². The molecule has 0 spiro atoms. The van der Waals surface area contributed by atoms with Crippen molar-refractivity contribution in [2.45, 2.75) is 17.8 Å². The molecule has 0 amide bonds. The molecule has 10 aromatic rings. The van der Waals surface area contributed by atoms with E-state index in [1.54, 1.807) is 0 Å². The summed E-state index contributed by atoms with van der Waals surface area (Å²) in [5, 5.41) is 2.60. The lowest BCUT2D eigenvalue weighted by Gasteiger charge is -2.26. The van der Waals surface area contributed by atoms with Crippen LogP contribution in [0.5, 0.6) is 0 Å². The summed E-state index contributed by atoms with van der Waals surface area (Å²) in [6, 6.07) is 80.8.